The molecule has 1 fully saturated rings. The molecule has 3 heterocycles. The van der Waals surface area contributed by atoms with Gasteiger partial charge in [0.25, 0.3) is 0 Å². The number of pyridine rings is 1. The van der Waals surface area contributed by atoms with E-state index in [9.17, 15) is 4.79 Å². The summed E-state index contributed by atoms with van der Waals surface area (Å²) in [6, 6.07) is 5.95. The second-order valence-electron chi connectivity index (χ2n) is 5.01. The summed E-state index contributed by atoms with van der Waals surface area (Å²) >= 11 is 0. The summed E-state index contributed by atoms with van der Waals surface area (Å²) in [5.74, 6) is 0.754. The first-order chi connectivity index (χ1) is 9.20. The molecule has 0 radical (unpaired) electrons. The molecule has 0 saturated carbocycles. The molecule has 3 rings (SSSR count). The number of carbonyl (C=O) groups excluding carboxylic acids is 1. The Morgan fingerprint density at radius 1 is 1.42 bits per heavy atom. The van der Waals surface area contributed by atoms with Crippen molar-refractivity contribution in [1.29, 1.82) is 0 Å². The van der Waals surface area contributed by atoms with Crippen LogP contribution in [0.5, 0.6) is 0 Å². The number of hydrogen-bond acceptors (Lipinski definition) is 4. The maximum absolute atomic E-state index is 11.4. The SMILES string of the molecule is CC1CN(c2nc3ccccn3c2C=O)C(C)CO1. The van der Waals surface area contributed by atoms with Crippen LogP contribution in [0.15, 0.2) is 24.4 Å². The van der Waals surface area contributed by atoms with Gasteiger partial charge in [-0.3, -0.25) is 9.20 Å². The first kappa shape index (κ1) is 12.2. The van der Waals surface area contributed by atoms with E-state index in [4.69, 9.17) is 4.74 Å². The fourth-order valence-electron chi connectivity index (χ4n) is 2.52. The van der Waals surface area contributed by atoms with E-state index in [-0.39, 0.29) is 12.1 Å². The predicted molar refractivity (Wildman–Crippen MR) is 72.8 cm³/mol. The quantitative estimate of drug-likeness (QED) is 0.771. The minimum Gasteiger partial charge on any atom is -0.375 e. The van der Waals surface area contributed by atoms with Crippen molar-refractivity contribution in [1.82, 2.24) is 9.38 Å². The molecule has 0 amide bonds. The molecule has 1 saturated heterocycles. The number of ether oxygens (including phenoxy) is 1. The Balaban J connectivity index is 2.10. The Hall–Kier alpha value is -1.88. The van der Waals surface area contributed by atoms with Crippen LogP contribution in [0.3, 0.4) is 0 Å². The summed E-state index contributed by atoms with van der Waals surface area (Å²) in [4.78, 5) is 18.2. The topological polar surface area (TPSA) is 46.8 Å². The number of imidazole rings is 1. The molecule has 2 aromatic rings. The summed E-state index contributed by atoms with van der Waals surface area (Å²) < 4.78 is 7.45. The molecule has 1 aliphatic heterocycles. The maximum atomic E-state index is 11.4. The average Bonchev–Trinajstić information content (AvgIpc) is 2.79. The van der Waals surface area contributed by atoms with Crippen LogP contribution in [0.25, 0.3) is 5.65 Å². The molecule has 100 valence electrons. The number of hydrogen-bond donors (Lipinski definition) is 0. The molecule has 0 N–H and O–H groups in total. The Morgan fingerprint density at radius 3 is 3.05 bits per heavy atom. The maximum Gasteiger partial charge on any atom is 0.170 e. The molecule has 0 aliphatic carbocycles. The van der Waals surface area contributed by atoms with Crippen LogP contribution in [0, 0.1) is 0 Å². The van der Waals surface area contributed by atoms with Crippen LogP contribution in [0.4, 0.5) is 5.82 Å². The molecule has 2 atom stereocenters. The van der Waals surface area contributed by atoms with Crippen molar-refractivity contribution in [3.05, 3.63) is 30.1 Å². The van der Waals surface area contributed by atoms with Crippen LogP contribution in [0.1, 0.15) is 24.3 Å². The third-order valence-electron chi connectivity index (χ3n) is 3.54. The number of morpholine rings is 1. The largest absolute Gasteiger partial charge is 0.375 e. The van der Waals surface area contributed by atoms with Crippen molar-refractivity contribution >= 4 is 17.8 Å². The van der Waals surface area contributed by atoms with Gasteiger partial charge in [-0.1, -0.05) is 6.07 Å². The molecular formula is C14H17N3O2. The minimum atomic E-state index is 0.153. The lowest BCUT2D eigenvalue weighted by molar-refractivity contribution is 0.0340. The van der Waals surface area contributed by atoms with Crippen molar-refractivity contribution in [2.24, 2.45) is 0 Å². The number of carbonyl (C=O) groups is 1. The Kier molecular flexibility index (Phi) is 2.98. The van der Waals surface area contributed by atoms with E-state index in [1.165, 1.54) is 0 Å². The Labute approximate surface area is 111 Å². The Morgan fingerprint density at radius 2 is 2.26 bits per heavy atom. The number of rotatable bonds is 2. The minimum absolute atomic E-state index is 0.153. The van der Waals surface area contributed by atoms with Gasteiger partial charge in [-0.05, 0) is 26.0 Å². The van der Waals surface area contributed by atoms with Gasteiger partial charge in [-0.25, -0.2) is 4.98 Å². The lowest BCUT2D eigenvalue weighted by Crippen LogP contribution is -2.48. The van der Waals surface area contributed by atoms with E-state index in [1.807, 2.05) is 35.7 Å². The second-order valence-corrected chi connectivity index (χ2v) is 5.01. The van der Waals surface area contributed by atoms with Crippen LogP contribution in [-0.2, 0) is 4.74 Å². The van der Waals surface area contributed by atoms with Crippen molar-refractivity contribution in [2.45, 2.75) is 26.0 Å². The van der Waals surface area contributed by atoms with Crippen LogP contribution in [0.2, 0.25) is 0 Å². The molecule has 1 aliphatic rings. The highest BCUT2D eigenvalue weighted by atomic mass is 16.5. The summed E-state index contributed by atoms with van der Waals surface area (Å²) in [7, 11) is 0. The van der Waals surface area contributed by atoms with Gasteiger partial charge in [0.1, 0.15) is 11.3 Å². The van der Waals surface area contributed by atoms with Crippen LogP contribution in [-0.4, -0.2) is 41.0 Å². The van der Waals surface area contributed by atoms with Gasteiger partial charge in [-0.2, -0.15) is 0 Å². The highest BCUT2D eigenvalue weighted by molar-refractivity contribution is 5.83. The lowest BCUT2D eigenvalue weighted by atomic mass is 10.2. The highest BCUT2D eigenvalue weighted by Crippen LogP contribution is 2.25. The van der Waals surface area contributed by atoms with E-state index in [0.717, 1.165) is 24.3 Å². The predicted octanol–water partition coefficient (Wildman–Crippen LogP) is 1.76. The fraction of sp³-hybridized carbons (Fsp3) is 0.429. The molecule has 5 heteroatoms. The number of fused-ring (bicyclic) bond motifs is 1. The normalized spacial score (nSPS) is 23.8. The van der Waals surface area contributed by atoms with E-state index in [1.54, 1.807) is 0 Å². The molecule has 19 heavy (non-hydrogen) atoms. The van der Waals surface area contributed by atoms with Crippen molar-refractivity contribution in [2.75, 3.05) is 18.1 Å². The van der Waals surface area contributed by atoms with Gasteiger partial charge in [0.05, 0.1) is 18.8 Å². The highest BCUT2D eigenvalue weighted by Gasteiger charge is 2.28. The zero-order valence-electron chi connectivity index (χ0n) is 11.1. The van der Waals surface area contributed by atoms with Gasteiger partial charge < -0.3 is 9.64 Å². The first-order valence-electron chi connectivity index (χ1n) is 6.51. The molecule has 0 bridgehead atoms. The first-order valence-corrected chi connectivity index (χ1v) is 6.51. The van der Waals surface area contributed by atoms with E-state index < -0.39 is 0 Å². The van der Waals surface area contributed by atoms with Gasteiger partial charge >= 0.3 is 0 Å². The van der Waals surface area contributed by atoms with Crippen molar-refractivity contribution in [3.8, 4) is 0 Å². The van der Waals surface area contributed by atoms with Gasteiger partial charge in [0.15, 0.2) is 12.1 Å². The summed E-state index contributed by atoms with van der Waals surface area (Å²) in [5, 5.41) is 0. The third kappa shape index (κ3) is 2.00. The summed E-state index contributed by atoms with van der Waals surface area (Å²) in [6.07, 6.45) is 2.90. The monoisotopic (exact) mass is 259 g/mol. The van der Waals surface area contributed by atoms with Crippen molar-refractivity contribution in [3.63, 3.8) is 0 Å². The molecule has 0 aromatic carbocycles. The molecule has 2 aromatic heterocycles. The van der Waals surface area contributed by atoms with Crippen molar-refractivity contribution < 1.29 is 9.53 Å². The van der Waals surface area contributed by atoms with Crippen LogP contribution < -0.4 is 4.90 Å². The third-order valence-corrected chi connectivity index (χ3v) is 3.54. The van der Waals surface area contributed by atoms with Crippen LogP contribution >= 0.6 is 0 Å². The second kappa shape index (κ2) is 4.66. The molecule has 0 spiro atoms. The number of anilines is 1. The van der Waals surface area contributed by atoms with E-state index >= 15 is 0 Å². The molecule has 2 unspecified atom stereocenters. The molecular weight excluding hydrogens is 242 g/mol. The zero-order valence-corrected chi connectivity index (χ0v) is 11.1. The van der Waals surface area contributed by atoms with Gasteiger partial charge in [0, 0.05) is 12.7 Å². The lowest BCUT2D eigenvalue weighted by Gasteiger charge is -2.37. The van der Waals surface area contributed by atoms with Gasteiger partial charge in [0.2, 0.25) is 0 Å². The Bertz CT molecular complexity index is 608. The summed E-state index contributed by atoms with van der Waals surface area (Å²) in [5.41, 5.74) is 1.41. The number of nitrogens with zero attached hydrogens (tertiary/aromatic N) is 3. The average molecular weight is 259 g/mol. The molecule has 5 nitrogen and oxygen atoms in total. The van der Waals surface area contributed by atoms with Gasteiger partial charge in [-0.15, -0.1) is 0 Å². The summed E-state index contributed by atoms with van der Waals surface area (Å²) in [6.45, 7) is 5.54. The number of aldehydes is 1. The van der Waals surface area contributed by atoms with E-state index in [2.05, 4.69) is 16.8 Å². The smallest absolute Gasteiger partial charge is 0.170 e. The standard InChI is InChI=1S/C14H17N3O2/c1-10-9-19-11(2)7-17(10)14-12(8-18)16-6-4-3-5-13(16)15-14/h3-6,8,10-11H,7,9H2,1-2H3. The number of aromatic nitrogens is 2. The van der Waals surface area contributed by atoms with E-state index in [0.29, 0.717) is 12.3 Å². The fourth-order valence-corrected chi connectivity index (χ4v) is 2.52. The zero-order chi connectivity index (χ0) is 13.4.